The van der Waals surface area contributed by atoms with E-state index in [1.165, 1.54) is 25.7 Å². The van der Waals surface area contributed by atoms with Crippen molar-refractivity contribution in [3.05, 3.63) is 0 Å². The van der Waals surface area contributed by atoms with Gasteiger partial charge in [-0.15, -0.1) is 0 Å². The summed E-state index contributed by atoms with van der Waals surface area (Å²) >= 11 is 0. The molecule has 2 rings (SSSR count). The maximum atomic E-state index is 12.4. The summed E-state index contributed by atoms with van der Waals surface area (Å²) in [6, 6.07) is 0. The van der Waals surface area contributed by atoms with E-state index in [2.05, 4.69) is 20.8 Å². The first kappa shape index (κ1) is 17.3. The third-order valence-corrected chi connectivity index (χ3v) is 5.73. The summed E-state index contributed by atoms with van der Waals surface area (Å²) in [6.07, 6.45) is 6.69. The van der Waals surface area contributed by atoms with E-state index in [-0.39, 0.29) is 11.8 Å². The van der Waals surface area contributed by atoms with Crippen LogP contribution in [0.4, 0.5) is 0 Å². The molecule has 2 fully saturated rings. The summed E-state index contributed by atoms with van der Waals surface area (Å²) in [4.78, 5) is 25.2. The highest BCUT2D eigenvalue weighted by atomic mass is 16.4. The lowest BCUT2D eigenvalue weighted by Gasteiger charge is -2.37. The van der Waals surface area contributed by atoms with Crippen molar-refractivity contribution < 1.29 is 14.7 Å². The first-order chi connectivity index (χ1) is 10.3. The Kier molecular flexibility index (Phi) is 5.51. The molecule has 1 aliphatic carbocycles. The molecule has 0 aromatic carbocycles. The lowest BCUT2D eigenvalue weighted by molar-refractivity contribution is -0.146. The molecule has 1 saturated carbocycles. The maximum Gasteiger partial charge on any atom is 0.306 e. The summed E-state index contributed by atoms with van der Waals surface area (Å²) in [6.45, 7) is 8.18. The highest BCUT2D eigenvalue weighted by molar-refractivity contribution is 5.77. The fourth-order valence-corrected chi connectivity index (χ4v) is 3.98. The Morgan fingerprint density at radius 1 is 1.00 bits per heavy atom. The fourth-order valence-electron chi connectivity index (χ4n) is 3.98. The monoisotopic (exact) mass is 309 g/mol. The number of carboxylic acids is 1. The Hall–Kier alpha value is -1.06. The van der Waals surface area contributed by atoms with Gasteiger partial charge in [0.2, 0.25) is 5.91 Å². The SMILES string of the molecule is CC(C)(C)C1CCC(CC(=O)N2CCC(C(=O)O)CC2)CC1. The highest BCUT2D eigenvalue weighted by Gasteiger charge is 2.32. The maximum absolute atomic E-state index is 12.4. The molecule has 4 heteroatoms. The zero-order valence-corrected chi connectivity index (χ0v) is 14.3. The molecule has 126 valence electrons. The van der Waals surface area contributed by atoms with Gasteiger partial charge in [0.1, 0.15) is 0 Å². The number of nitrogens with zero attached hydrogens (tertiary/aromatic N) is 1. The Balaban J connectivity index is 1.74. The van der Waals surface area contributed by atoms with Crippen LogP contribution in [0.25, 0.3) is 0 Å². The Morgan fingerprint density at radius 2 is 1.55 bits per heavy atom. The van der Waals surface area contributed by atoms with Gasteiger partial charge >= 0.3 is 5.97 Å². The van der Waals surface area contributed by atoms with Crippen molar-refractivity contribution in [3.8, 4) is 0 Å². The molecular weight excluding hydrogens is 278 g/mol. The van der Waals surface area contributed by atoms with Crippen molar-refractivity contribution in [2.45, 2.75) is 65.7 Å². The zero-order chi connectivity index (χ0) is 16.3. The molecule has 0 unspecified atom stereocenters. The molecule has 4 nitrogen and oxygen atoms in total. The van der Waals surface area contributed by atoms with E-state index in [1.807, 2.05) is 4.90 Å². The average Bonchev–Trinajstić information content (AvgIpc) is 2.47. The number of carbonyl (C=O) groups excluding carboxylic acids is 1. The normalized spacial score (nSPS) is 27.7. The largest absolute Gasteiger partial charge is 0.481 e. The van der Waals surface area contributed by atoms with Crippen molar-refractivity contribution in [1.29, 1.82) is 0 Å². The third kappa shape index (κ3) is 4.47. The summed E-state index contributed by atoms with van der Waals surface area (Å²) in [5, 5.41) is 9.01. The Bertz CT molecular complexity index is 397. The number of hydrogen-bond acceptors (Lipinski definition) is 2. The molecule has 0 aromatic heterocycles. The summed E-state index contributed by atoms with van der Waals surface area (Å²) < 4.78 is 0. The zero-order valence-electron chi connectivity index (χ0n) is 14.3. The summed E-state index contributed by atoms with van der Waals surface area (Å²) in [5.41, 5.74) is 0.383. The van der Waals surface area contributed by atoms with Gasteiger partial charge in [0.15, 0.2) is 0 Å². The van der Waals surface area contributed by atoms with Crippen LogP contribution in [0.1, 0.15) is 65.7 Å². The van der Waals surface area contributed by atoms with Gasteiger partial charge in [-0.3, -0.25) is 9.59 Å². The van der Waals surface area contributed by atoms with Crippen molar-refractivity contribution in [1.82, 2.24) is 4.90 Å². The van der Waals surface area contributed by atoms with Gasteiger partial charge < -0.3 is 10.0 Å². The van der Waals surface area contributed by atoms with Gasteiger partial charge in [0.25, 0.3) is 0 Å². The molecule has 1 aliphatic heterocycles. The molecule has 22 heavy (non-hydrogen) atoms. The molecular formula is C18H31NO3. The molecule has 0 radical (unpaired) electrons. The van der Waals surface area contributed by atoms with Crippen molar-refractivity contribution in [2.75, 3.05) is 13.1 Å². The van der Waals surface area contributed by atoms with Crippen LogP contribution >= 0.6 is 0 Å². The predicted molar refractivity (Wildman–Crippen MR) is 86.5 cm³/mol. The number of rotatable bonds is 3. The number of carboxylic acid groups (broad SMARTS) is 1. The number of aliphatic carboxylic acids is 1. The Labute approximate surface area is 134 Å². The predicted octanol–water partition coefficient (Wildman–Crippen LogP) is 3.55. The number of amides is 1. The second kappa shape index (κ2) is 7.01. The minimum Gasteiger partial charge on any atom is -0.481 e. The fraction of sp³-hybridized carbons (Fsp3) is 0.889. The van der Waals surface area contributed by atoms with Crippen LogP contribution in [0, 0.1) is 23.2 Å². The van der Waals surface area contributed by atoms with Crippen LogP contribution in [-0.2, 0) is 9.59 Å². The molecule has 2 aliphatic rings. The van der Waals surface area contributed by atoms with Crippen molar-refractivity contribution in [3.63, 3.8) is 0 Å². The van der Waals surface area contributed by atoms with Gasteiger partial charge in [-0.1, -0.05) is 20.8 Å². The van der Waals surface area contributed by atoms with Crippen LogP contribution in [0.5, 0.6) is 0 Å². The van der Waals surface area contributed by atoms with Crippen LogP contribution in [-0.4, -0.2) is 35.0 Å². The molecule has 0 atom stereocenters. The van der Waals surface area contributed by atoms with E-state index in [4.69, 9.17) is 5.11 Å². The molecule has 0 spiro atoms. The van der Waals surface area contributed by atoms with Gasteiger partial charge in [-0.25, -0.2) is 0 Å². The van der Waals surface area contributed by atoms with Gasteiger partial charge in [-0.05, 0) is 55.8 Å². The standard InChI is InChI=1S/C18H31NO3/c1-18(2,3)15-6-4-13(5-7-15)12-16(20)19-10-8-14(9-11-19)17(21)22/h13-15H,4-12H2,1-3H3,(H,21,22). The van der Waals surface area contributed by atoms with Gasteiger partial charge in [0.05, 0.1) is 5.92 Å². The Morgan fingerprint density at radius 3 is 2.00 bits per heavy atom. The number of hydrogen-bond donors (Lipinski definition) is 1. The van der Waals surface area contributed by atoms with Crippen LogP contribution in [0.15, 0.2) is 0 Å². The smallest absolute Gasteiger partial charge is 0.306 e. The first-order valence-electron chi connectivity index (χ1n) is 8.78. The number of piperidine rings is 1. The lowest BCUT2D eigenvalue weighted by Crippen LogP contribution is -2.41. The quantitative estimate of drug-likeness (QED) is 0.867. The molecule has 0 bridgehead atoms. The van der Waals surface area contributed by atoms with E-state index in [9.17, 15) is 9.59 Å². The second-order valence-corrected chi connectivity index (χ2v) is 8.28. The highest BCUT2D eigenvalue weighted by Crippen LogP contribution is 2.40. The van der Waals surface area contributed by atoms with Crippen molar-refractivity contribution in [2.24, 2.45) is 23.2 Å². The van der Waals surface area contributed by atoms with Gasteiger partial charge in [0, 0.05) is 19.5 Å². The van der Waals surface area contributed by atoms with Gasteiger partial charge in [-0.2, -0.15) is 0 Å². The van der Waals surface area contributed by atoms with E-state index in [0.29, 0.717) is 43.7 Å². The number of carbonyl (C=O) groups is 2. The molecule has 1 amide bonds. The van der Waals surface area contributed by atoms with E-state index >= 15 is 0 Å². The lowest BCUT2D eigenvalue weighted by atomic mass is 9.69. The van der Waals surface area contributed by atoms with Crippen LogP contribution in [0.3, 0.4) is 0 Å². The van der Waals surface area contributed by atoms with E-state index < -0.39 is 5.97 Å². The molecule has 0 aromatic rings. The first-order valence-corrected chi connectivity index (χ1v) is 8.78. The van der Waals surface area contributed by atoms with Crippen molar-refractivity contribution >= 4 is 11.9 Å². The second-order valence-electron chi connectivity index (χ2n) is 8.28. The third-order valence-electron chi connectivity index (χ3n) is 5.73. The topological polar surface area (TPSA) is 57.6 Å². The van der Waals surface area contributed by atoms with E-state index in [1.54, 1.807) is 0 Å². The minimum atomic E-state index is -0.715. The summed E-state index contributed by atoms with van der Waals surface area (Å²) in [7, 11) is 0. The van der Waals surface area contributed by atoms with E-state index in [0.717, 1.165) is 5.92 Å². The van der Waals surface area contributed by atoms with Crippen LogP contribution in [0.2, 0.25) is 0 Å². The number of likely N-dealkylation sites (tertiary alicyclic amines) is 1. The van der Waals surface area contributed by atoms with Crippen LogP contribution < -0.4 is 0 Å². The average molecular weight is 309 g/mol. The summed E-state index contributed by atoms with van der Waals surface area (Å²) in [5.74, 6) is 0.579. The minimum absolute atomic E-state index is 0.239. The molecule has 1 N–H and O–H groups in total. The molecule has 1 heterocycles. The molecule has 1 saturated heterocycles.